The number of carbonyl (C=O) groups is 1. The van der Waals surface area contributed by atoms with Crippen LogP contribution in [0.15, 0.2) is 52.3 Å². The predicted molar refractivity (Wildman–Crippen MR) is 103 cm³/mol. The molecule has 1 N–H and O–H groups in total. The molecule has 3 rings (SSSR count). The Balaban J connectivity index is 2.04. The zero-order valence-corrected chi connectivity index (χ0v) is 15.9. The van der Waals surface area contributed by atoms with Gasteiger partial charge in [-0.25, -0.2) is 9.78 Å². The number of benzene rings is 2. The lowest BCUT2D eigenvalue weighted by Gasteiger charge is -2.07. The largest absolute Gasteiger partial charge is 0.477 e. The minimum Gasteiger partial charge on any atom is -0.477 e. The Morgan fingerprint density at radius 2 is 1.93 bits per heavy atom. The van der Waals surface area contributed by atoms with E-state index in [4.69, 9.17) is 11.6 Å². The van der Waals surface area contributed by atoms with Gasteiger partial charge in [-0.1, -0.05) is 23.4 Å². The highest BCUT2D eigenvalue weighted by Crippen LogP contribution is 2.37. The van der Waals surface area contributed by atoms with E-state index in [0.717, 1.165) is 4.90 Å². The van der Waals surface area contributed by atoms with E-state index in [9.17, 15) is 20.0 Å². The zero-order chi connectivity index (χ0) is 19.7. The maximum absolute atomic E-state index is 11.6. The van der Waals surface area contributed by atoms with Crippen LogP contribution in [0, 0.1) is 17.0 Å². The van der Waals surface area contributed by atoms with E-state index >= 15 is 0 Å². The first-order chi connectivity index (χ1) is 12.8. The molecule has 1 aromatic heterocycles. The van der Waals surface area contributed by atoms with Crippen molar-refractivity contribution >= 4 is 35.0 Å². The summed E-state index contributed by atoms with van der Waals surface area (Å²) in [7, 11) is 1.57. The van der Waals surface area contributed by atoms with Crippen molar-refractivity contribution in [1.82, 2.24) is 9.55 Å². The first-order valence-electron chi connectivity index (χ1n) is 7.76. The van der Waals surface area contributed by atoms with Gasteiger partial charge < -0.3 is 9.67 Å². The fraction of sp³-hybridized carbons (Fsp3) is 0.111. The third-order valence-electron chi connectivity index (χ3n) is 3.93. The molecule has 0 aliphatic rings. The molecule has 0 amide bonds. The van der Waals surface area contributed by atoms with Crippen LogP contribution in [0.1, 0.15) is 16.2 Å². The number of rotatable bonds is 5. The molecule has 27 heavy (non-hydrogen) atoms. The third kappa shape index (κ3) is 3.81. The molecule has 7 nitrogen and oxygen atoms in total. The van der Waals surface area contributed by atoms with Gasteiger partial charge in [-0.05, 0) is 43.3 Å². The van der Waals surface area contributed by atoms with Crippen LogP contribution in [0.4, 0.5) is 5.69 Å². The number of aromatic carboxylic acids is 1. The second-order valence-corrected chi connectivity index (χ2v) is 7.28. The van der Waals surface area contributed by atoms with E-state index in [1.54, 1.807) is 50.4 Å². The van der Waals surface area contributed by atoms with Gasteiger partial charge in [0.05, 0.1) is 15.5 Å². The fourth-order valence-corrected chi connectivity index (χ4v) is 3.73. The van der Waals surface area contributed by atoms with Gasteiger partial charge in [0, 0.05) is 28.6 Å². The molecule has 0 unspecified atom stereocenters. The number of aryl methyl sites for hydroxylation is 1. The molecular formula is C18H14ClN3O4S. The van der Waals surface area contributed by atoms with E-state index < -0.39 is 10.9 Å². The summed E-state index contributed by atoms with van der Waals surface area (Å²) >= 11 is 7.12. The monoisotopic (exact) mass is 403 g/mol. The second kappa shape index (κ2) is 7.42. The molecule has 0 fully saturated rings. The average Bonchev–Trinajstić information content (AvgIpc) is 2.91. The Labute approximate surface area is 163 Å². The van der Waals surface area contributed by atoms with Gasteiger partial charge in [0.1, 0.15) is 11.5 Å². The smallest absolute Gasteiger partial charge is 0.354 e. The lowest BCUT2D eigenvalue weighted by molar-refractivity contribution is -0.387. The Morgan fingerprint density at radius 1 is 1.26 bits per heavy atom. The Bertz CT molecular complexity index is 1050. The highest BCUT2D eigenvalue weighted by atomic mass is 35.5. The van der Waals surface area contributed by atoms with Gasteiger partial charge in [0.2, 0.25) is 0 Å². The zero-order valence-electron chi connectivity index (χ0n) is 14.3. The minimum absolute atomic E-state index is 0.0484. The Morgan fingerprint density at radius 3 is 2.48 bits per heavy atom. The molecule has 0 aliphatic carbocycles. The summed E-state index contributed by atoms with van der Waals surface area (Å²) in [5, 5.41) is 21.4. The van der Waals surface area contributed by atoms with Crippen LogP contribution in [0.2, 0.25) is 5.02 Å². The van der Waals surface area contributed by atoms with Crippen molar-refractivity contribution in [3.63, 3.8) is 0 Å². The van der Waals surface area contributed by atoms with Crippen molar-refractivity contribution in [2.45, 2.75) is 16.7 Å². The van der Waals surface area contributed by atoms with E-state index in [0.29, 0.717) is 27.0 Å². The van der Waals surface area contributed by atoms with Gasteiger partial charge in [-0.3, -0.25) is 10.1 Å². The summed E-state index contributed by atoms with van der Waals surface area (Å²) in [6.45, 7) is 1.59. The van der Waals surface area contributed by atoms with Crippen LogP contribution in [-0.2, 0) is 7.05 Å². The highest BCUT2D eigenvalue weighted by Gasteiger charge is 2.22. The summed E-state index contributed by atoms with van der Waals surface area (Å²) in [6, 6.07) is 11.7. The van der Waals surface area contributed by atoms with Gasteiger partial charge in [0.25, 0.3) is 5.69 Å². The maximum atomic E-state index is 11.6. The fourth-order valence-electron chi connectivity index (χ4n) is 2.71. The number of carboxylic acids is 1. The summed E-state index contributed by atoms with van der Waals surface area (Å²) in [5.41, 5.74) is 0.791. The van der Waals surface area contributed by atoms with Crippen LogP contribution in [0.25, 0.3) is 11.4 Å². The molecule has 0 bridgehead atoms. The van der Waals surface area contributed by atoms with Gasteiger partial charge >= 0.3 is 5.97 Å². The van der Waals surface area contributed by atoms with E-state index in [1.807, 2.05) is 0 Å². The number of halogens is 1. The number of nitrogens with zero attached hydrogens (tertiary/aromatic N) is 3. The van der Waals surface area contributed by atoms with Crippen molar-refractivity contribution in [3.05, 3.63) is 69.0 Å². The molecule has 0 aliphatic heterocycles. The molecule has 3 aromatic rings. The molecule has 1 heterocycles. The first kappa shape index (κ1) is 18.9. The highest BCUT2D eigenvalue weighted by molar-refractivity contribution is 7.99. The molecule has 0 spiro atoms. The van der Waals surface area contributed by atoms with Crippen LogP contribution in [-0.4, -0.2) is 25.6 Å². The van der Waals surface area contributed by atoms with Crippen LogP contribution >= 0.6 is 23.4 Å². The quantitative estimate of drug-likeness (QED) is 0.485. The number of hydrogen-bond donors (Lipinski definition) is 1. The summed E-state index contributed by atoms with van der Waals surface area (Å²) in [5.74, 6) is -0.741. The van der Waals surface area contributed by atoms with Crippen LogP contribution < -0.4 is 0 Å². The van der Waals surface area contributed by atoms with Crippen LogP contribution in [0.3, 0.4) is 0 Å². The number of aromatic nitrogens is 2. The standard InChI is InChI=1S/C18H14ClN3O4S/c1-10-16(18(23)24)21(2)17(20-10)11-3-8-15(14(9-11)22(25)26)27-13-6-4-12(19)5-7-13/h3-9H,1-2H3,(H,23,24). The summed E-state index contributed by atoms with van der Waals surface area (Å²) < 4.78 is 1.42. The molecular weight excluding hydrogens is 390 g/mol. The van der Waals surface area contributed by atoms with E-state index in [2.05, 4.69) is 4.98 Å². The molecule has 138 valence electrons. The van der Waals surface area contributed by atoms with Gasteiger partial charge in [0.15, 0.2) is 0 Å². The van der Waals surface area contributed by atoms with Crippen molar-refractivity contribution in [2.75, 3.05) is 0 Å². The number of nitro benzene ring substituents is 1. The third-order valence-corrected chi connectivity index (χ3v) is 5.25. The maximum Gasteiger partial charge on any atom is 0.354 e. The molecule has 2 aromatic carbocycles. The minimum atomic E-state index is -1.10. The first-order valence-corrected chi connectivity index (χ1v) is 8.96. The van der Waals surface area contributed by atoms with Crippen molar-refractivity contribution in [1.29, 1.82) is 0 Å². The van der Waals surface area contributed by atoms with Gasteiger partial charge in [-0.2, -0.15) is 0 Å². The topological polar surface area (TPSA) is 98.3 Å². The van der Waals surface area contributed by atoms with Crippen LogP contribution in [0.5, 0.6) is 0 Å². The molecule has 0 saturated carbocycles. The van der Waals surface area contributed by atoms with Crippen molar-refractivity contribution < 1.29 is 14.8 Å². The number of hydrogen-bond acceptors (Lipinski definition) is 5. The number of nitro groups is 1. The van der Waals surface area contributed by atoms with Gasteiger partial charge in [-0.15, -0.1) is 0 Å². The van der Waals surface area contributed by atoms with E-state index in [-0.39, 0.29) is 11.4 Å². The predicted octanol–water partition coefficient (Wildman–Crippen LogP) is 4.81. The normalized spacial score (nSPS) is 10.8. The molecule has 0 radical (unpaired) electrons. The molecule has 0 atom stereocenters. The Hall–Kier alpha value is -2.84. The Kier molecular flexibility index (Phi) is 5.20. The number of imidazole rings is 1. The SMILES string of the molecule is Cc1nc(-c2ccc(Sc3ccc(Cl)cc3)c([N+](=O)[O-])c2)n(C)c1C(=O)O. The number of carboxylic acid groups (broad SMARTS) is 1. The lowest BCUT2D eigenvalue weighted by atomic mass is 10.2. The summed E-state index contributed by atoms with van der Waals surface area (Å²) in [4.78, 5) is 28.0. The van der Waals surface area contributed by atoms with E-state index in [1.165, 1.54) is 22.4 Å². The molecule has 9 heteroatoms. The average molecular weight is 404 g/mol. The van der Waals surface area contributed by atoms with Crippen molar-refractivity contribution in [3.8, 4) is 11.4 Å². The van der Waals surface area contributed by atoms with Crippen molar-refractivity contribution in [2.24, 2.45) is 7.05 Å². The lowest BCUT2D eigenvalue weighted by Crippen LogP contribution is -2.06. The molecule has 0 saturated heterocycles. The second-order valence-electron chi connectivity index (χ2n) is 5.73. The summed E-state index contributed by atoms with van der Waals surface area (Å²) in [6.07, 6.45) is 0.